The number of hydrogen-bond donors (Lipinski definition) is 3. The summed E-state index contributed by atoms with van der Waals surface area (Å²) in [6.07, 6.45) is 8.18. The summed E-state index contributed by atoms with van der Waals surface area (Å²) in [6, 6.07) is 4.65. The maximum absolute atomic E-state index is 12.5. The van der Waals surface area contributed by atoms with Gasteiger partial charge in [0.2, 0.25) is 11.8 Å². The van der Waals surface area contributed by atoms with Crippen LogP contribution in [0, 0.1) is 23.2 Å². The normalized spacial score (nSPS) is 30.8. The molecule has 5 rings (SSSR count). The number of ether oxygens (including phenoxy) is 1. The Morgan fingerprint density at radius 2 is 1.74 bits per heavy atom. The number of carbonyl (C=O) groups excluding carboxylic acids is 2. The van der Waals surface area contributed by atoms with Crippen molar-refractivity contribution < 1.29 is 19.4 Å². The third-order valence-electron chi connectivity index (χ3n) is 6.61. The fourth-order valence-corrected chi connectivity index (χ4v) is 6.06. The van der Waals surface area contributed by atoms with E-state index in [1.54, 1.807) is 12.1 Å². The van der Waals surface area contributed by atoms with E-state index >= 15 is 0 Å². The van der Waals surface area contributed by atoms with Gasteiger partial charge in [0.25, 0.3) is 0 Å². The second-order valence-electron chi connectivity index (χ2n) is 8.81. The fraction of sp³-hybridized carbons (Fsp3) is 0.619. The SMILES string of the molecule is COc1ccc(NC(=O)CNC(=O)CC23CC4CC(CC(C4)C2)C3)cc1O. The van der Waals surface area contributed by atoms with Crippen LogP contribution in [0.4, 0.5) is 5.69 Å². The van der Waals surface area contributed by atoms with Crippen LogP contribution in [-0.4, -0.2) is 30.6 Å². The standard InChI is InChI=1S/C21H28N2O4/c1-27-18-3-2-16(7-17(18)24)23-20(26)12-22-19(25)11-21-8-13-4-14(9-21)6-15(5-13)10-21/h2-3,7,13-15,24H,4-6,8-12H2,1H3,(H,22,25)(H,23,26). The Kier molecular flexibility index (Phi) is 4.74. The number of hydrogen-bond acceptors (Lipinski definition) is 4. The van der Waals surface area contributed by atoms with Gasteiger partial charge in [-0.2, -0.15) is 0 Å². The first-order valence-corrected chi connectivity index (χ1v) is 9.88. The predicted octanol–water partition coefficient (Wildman–Crippen LogP) is 3.06. The Balaban J connectivity index is 1.27. The molecule has 0 unspecified atom stereocenters. The number of benzene rings is 1. The summed E-state index contributed by atoms with van der Waals surface area (Å²) in [5.74, 6) is 2.42. The number of methoxy groups -OCH3 is 1. The molecule has 6 heteroatoms. The van der Waals surface area contributed by atoms with Crippen molar-refractivity contribution in [3.05, 3.63) is 18.2 Å². The Hall–Kier alpha value is -2.24. The Labute approximate surface area is 159 Å². The van der Waals surface area contributed by atoms with Gasteiger partial charge in [-0.1, -0.05) is 0 Å². The first-order valence-electron chi connectivity index (χ1n) is 9.88. The quantitative estimate of drug-likeness (QED) is 0.716. The molecule has 27 heavy (non-hydrogen) atoms. The topological polar surface area (TPSA) is 87.7 Å². The lowest BCUT2D eigenvalue weighted by atomic mass is 9.49. The lowest BCUT2D eigenvalue weighted by Crippen LogP contribution is -2.48. The lowest BCUT2D eigenvalue weighted by Gasteiger charge is -2.56. The van der Waals surface area contributed by atoms with Gasteiger partial charge in [-0.25, -0.2) is 0 Å². The van der Waals surface area contributed by atoms with E-state index in [4.69, 9.17) is 4.74 Å². The van der Waals surface area contributed by atoms with Gasteiger partial charge in [0.1, 0.15) is 0 Å². The zero-order chi connectivity index (χ0) is 19.0. The van der Waals surface area contributed by atoms with Gasteiger partial charge in [-0.3, -0.25) is 9.59 Å². The molecule has 2 amide bonds. The minimum absolute atomic E-state index is 0.0234. The highest BCUT2D eigenvalue weighted by Gasteiger charge is 2.51. The summed E-state index contributed by atoms with van der Waals surface area (Å²) in [5.41, 5.74) is 0.644. The zero-order valence-corrected chi connectivity index (χ0v) is 15.8. The molecule has 4 saturated carbocycles. The van der Waals surface area contributed by atoms with Crippen LogP contribution in [0.25, 0.3) is 0 Å². The average Bonchev–Trinajstić information content (AvgIpc) is 2.58. The number of anilines is 1. The van der Waals surface area contributed by atoms with Crippen molar-refractivity contribution in [2.45, 2.75) is 44.9 Å². The second kappa shape index (κ2) is 7.06. The van der Waals surface area contributed by atoms with Crippen molar-refractivity contribution in [1.29, 1.82) is 0 Å². The van der Waals surface area contributed by atoms with Crippen LogP contribution in [0.15, 0.2) is 18.2 Å². The highest BCUT2D eigenvalue weighted by Crippen LogP contribution is 2.61. The third-order valence-corrected chi connectivity index (χ3v) is 6.61. The summed E-state index contributed by atoms with van der Waals surface area (Å²) in [6.45, 7) is -0.0575. The van der Waals surface area contributed by atoms with Crippen LogP contribution in [0.5, 0.6) is 11.5 Å². The van der Waals surface area contributed by atoms with Crippen molar-refractivity contribution in [1.82, 2.24) is 5.32 Å². The molecule has 4 aliphatic carbocycles. The molecule has 4 fully saturated rings. The second-order valence-corrected chi connectivity index (χ2v) is 8.81. The molecule has 0 heterocycles. The van der Waals surface area contributed by atoms with Crippen LogP contribution < -0.4 is 15.4 Å². The molecular formula is C21H28N2O4. The van der Waals surface area contributed by atoms with E-state index < -0.39 is 0 Å². The first-order chi connectivity index (χ1) is 12.9. The lowest BCUT2D eigenvalue weighted by molar-refractivity contribution is -0.131. The number of nitrogens with one attached hydrogen (secondary N) is 2. The molecule has 4 aliphatic rings. The minimum Gasteiger partial charge on any atom is -0.504 e. The summed E-state index contributed by atoms with van der Waals surface area (Å²) in [4.78, 5) is 24.6. The van der Waals surface area contributed by atoms with Gasteiger partial charge in [-0.15, -0.1) is 0 Å². The number of phenolic OH excluding ortho intramolecular Hbond substituents is 1. The maximum Gasteiger partial charge on any atom is 0.243 e. The van der Waals surface area contributed by atoms with E-state index in [9.17, 15) is 14.7 Å². The number of aromatic hydroxyl groups is 1. The summed E-state index contributed by atoms with van der Waals surface area (Å²) < 4.78 is 4.98. The molecule has 1 aromatic carbocycles. The van der Waals surface area contributed by atoms with Gasteiger partial charge in [0, 0.05) is 18.2 Å². The van der Waals surface area contributed by atoms with E-state index in [-0.39, 0.29) is 29.5 Å². The maximum atomic E-state index is 12.5. The number of phenols is 1. The molecule has 0 spiro atoms. The predicted molar refractivity (Wildman–Crippen MR) is 102 cm³/mol. The van der Waals surface area contributed by atoms with E-state index in [1.807, 2.05) is 0 Å². The minimum atomic E-state index is -0.307. The molecule has 0 atom stereocenters. The molecule has 4 bridgehead atoms. The highest BCUT2D eigenvalue weighted by molar-refractivity contribution is 5.94. The summed E-state index contributed by atoms with van der Waals surface area (Å²) >= 11 is 0. The van der Waals surface area contributed by atoms with Gasteiger partial charge >= 0.3 is 0 Å². The van der Waals surface area contributed by atoms with Crippen molar-refractivity contribution in [2.24, 2.45) is 23.2 Å². The van der Waals surface area contributed by atoms with Gasteiger partial charge in [-0.05, 0) is 73.8 Å². The van der Waals surface area contributed by atoms with Crippen LogP contribution >= 0.6 is 0 Å². The highest BCUT2D eigenvalue weighted by atomic mass is 16.5. The molecule has 6 nitrogen and oxygen atoms in total. The summed E-state index contributed by atoms with van der Waals surface area (Å²) in [7, 11) is 1.46. The number of carbonyl (C=O) groups is 2. The zero-order valence-electron chi connectivity index (χ0n) is 15.8. The van der Waals surface area contributed by atoms with Crippen LogP contribution in [0.2, 0.25) is 0 Å². The molecule has 3 N–H and O–H groups in total. The smallest absolute Gasteiger partial charge is 0.243 e. The largest absolute Gasteiger partial charge is 0.504 e. The molecule has 146 valence electrons. The molecule has 0 radical (unpaired) electrons. The van der Waals surface area contributed by atoms with E-state index in [1.165, 1.54) is 51.7 Å². The Morgan fingerprint density at radius 1 is 1.11 bits per heavy atom. The van der Waals surface area contributed by atoms with Crippen LogP contribution in [0.1, 0.15) is 44.9 Å². The van der Waals surface area contributed by atoms with E-state index in [2.05, 4.69) is 10.6 Å². The van der Waals surface area contributed by atoms with Gasteiger partial charge in [0.15, 0.2) is 11.5 Å². The van der Waals surface area contributed by atoms with Crippen LogP contribution in [-0.2, 0) is 9.59 Å². The molecule has 0 aliphatic heterocycles. The summed E-state index contributed by atoms with van der Waals surface area (Å²) in [5, 5.41) is 15.2. The number of rotatable bonds is 6. The van der Waals surface area contributed by atoms with E-state index in [0.29, 0.717) is 17.9 Å². The first kappa shape index (κ1) is 18.1. The molecular weight excluding hydrogens is 344 g/mol. The number of amides is 2. The van der Waals surface area contributed by atoms with Crippen molar-refractivity contribution in [2.75, 3.05) is 19.0 Å². The molecule has 0 aromatic heterocycles. The molecule has 1 aromatic rings. The molecule has 0 saturated heterocycles. The average molecular weight is 372 g/mol. The van der Waals surface area contributed by atoms with E-state index in [0.717, 1.165) is 17.8 Å². The fourth-order valence-electron chi connectivity index (χ4n) is 6.06. The van der Waals surface area contributed by atoms with Gasteiger partial charge < -0.3 is 20.5 Å². The Bertz CT molecular complexity index is 710. The van der Waals surface area contributed by atoms with Crippen molar-refractivity contribution in [3.8, 4) is 11.5 Å². The van der Waals surface area contributed by atoms with Crippen molar-refractivity contribution >= 4 is 17.5 Å². The van der Waals surface area contributed by atoms with Crippen molar-refractivity contribution in [3.63, 3.8) is 0 Å². The van der Waals surface area contributed by atoms with Gasteiger partial charge in [0.05, 0.1) is 13.7 Å². The Morgan fingerprint density at radius 3 is 2.30 bits per heavy atom. The van der Waals surface area contributed by atoms with Crippen LogP contribution in [0.3, 0.4) is 0 Å². The third kappa shape index (κ3) is 3.89. The monoisotopic (exact) mass is 372 g/mol.